The first kappa shape index (κ1) is 9.22. The third kappa shape index (κ3) is 4.71. The highest BCUT2D eigenvalue weighted by atomic mass is 16.4. The van der Waals surface area contributed by atoms with Gasteiger partial charge in [0.1, 0.15) is 5.70 Å². The predicted molar refractivity (Wildman–Crippen MR) is 36.7 cm³/mol. The Kier molecular flexibility index (Phi) is 3.44. The molecule has 0 amide bonds. The molecule has 0 bridgehead atoms. The van der Waals surface area contributed by atoms with Crippen molar-refractivity contribution in [3.63, 3.8) is 0 Å². The van der Waals surface area contributed by atoms with Crippen LogP contribution in [-0.4, -0.2) is 22.2 Å². The fourth-order valence-electron chi connectivity index (χ4n) is 0.305. The standard InChI is InChI=1S/C6H7NO4/c7-4(6(10)11)2-1-3-5(8)9/h1-3H,7H2,(H,8,9)(H,10,11)/b3-1-,4-2-. The second-order valence-corrected chi connectivity index (χ2v) is 1.62. The number of carboxylic acids is 2. The molecule has 5 heteroatoms. The molecule has 0 aliphatic carbocycles. The van der Waals surface area contributed by atoms with E-state index in [-0.39, 0.29) is 0 Å². The van der Waals surface area contributed by atoms with Crippen LogP contribution in [0, 0.1) is 0 Å². The topological polar surface area (TPSA) is 101 Å². The average molecular weight is 157 g/mol. The lowest BCUT2D eigenvalue weighted by Gasteiger charge is -1.86. The van der Waals surface area contributed by atoms with Gasteiger partial charge in [-0.3, -0.25) is 0 Å². The van der Waals surface area contributed by atoms with Crippen molar-refractivity contribution in [1.29, 1.82) is 0 Å². The molecule has 0 unspecified atom stereocenters. The van der Waals surface area contributed by atoms with Crippen molar-refractivity contribution in [3.8, 4) is 0 Å². The van der Waals surface area contributed by atoms with Crippen LogP contribution >= 0.6 is 0 Å². The molecule has 4 N–H and O–H groups in total. The number of hydrogen-bond acceptors (Lipinski definition) is 3. The van der Waals surface area contributed by atoms with Crippen LogP contribution in [0.15, 0.2) is 23.9 Å². The summed E-state index contributed by atoms with van der Waals surface area (Å²) in [6, 6.07) is 0. The summed E-state index contributed by atoms with van der Waals surface area (Å²) in [5, 5.41) is 16.2. The van der Waals surface area contributed by atoms with E-state index >= 15 is 0 Å². The van der Waals surface area contributed by atoms with Gasteiger partial charge in [-0.05, 0) is 6.08 Å². The third-order valence-electron chi connectivity index (χ3n) is 0.762. The summed E-state index contributed by atoms with van der Waals surface area (Å²) < 4.78 is 0. The zero-order valence-electron chi connectivity index (χ0n) is 5.52. The molecule has 0 fully saturated rings. The van der Waals surface area contributed by atoms with E-state index in [2.05, 4.69) is 0 Å². The van der Waals surface area contributed by atoms with Crippen LogP contribution in [0.25, 0.3) is 0 Å². The van der Waals surface area contributed by atoms with E-state index < -0.39 is 17.6 Å². The predicted octanol–water partition coefficient (Wildman–Crippen LogP) is -0.446. The zero-order valence-corrected chi connectivity index (χ0v) is 5.52. The average Bonchev–Trinajstić information content (AvgIpc) is 1.86. The van der Waals surface area contributed by atoms with Crippen LogP contribution in [-0.2, 0) is 9.59 Å². The zero-order chi connectivity index (χ0) is 8.85. The van der Waals surface area contributed by atoms with Crippen molar-refractivity contribution >= 4 is 11.9 Å². The maximum atomic E-state index is 10.0. The van der Waals surface area contributed by atoms with E-state index in [0.29, 0.717) is 0 Å². The van der Waals surface area contributed by atoms with Crippen LogP contribution in [0.2, 0.25) is 0 Å². The molecule has 0 spiro atoms. The van der Waals surface area contributed by atoms with Crippen molar-refractivity contribution in [2.75, 3.05) is 0 Å². The molecular formula is C6H7NO4. The summed E-state index contributed by atoms with van der Waals surface area (Å²) in [5.41, 5.74) is 4.52. The molecule has 11 heavy (non-hydrogen) atoms. The summed E-state index contributed by atoms with van der Waals surface area (Å²) in [7, 11) is 0. The number of allylic oxidation sites excluding steroid dienone is 2. The molecule has 0 aromatic carbocycles. The lowest BCUT2D eigenvalue weighted by Crippen LogP contribution is -2.08. The number of aliphatic carboxylic acids is 2. The van der Waals surface area contributed by atoms with Crippen molar-refractivity contribution in [2.45, 2.75) is 0 Å². The van der Waals surface area contributed by atoms with Gasteiger partial charge >= 0.3 is 11.9 Å². The first-order valence-electron chi connectivity index (χ1n) is 2.64. The normalized spacial score (nSPS) is 11.8. The highest BCUT2D eigenvalue weighted by molar-refractivity contribution is 5.86. The Bertz CT molecular complexity index is 229. The molecule has 0 radical (unpaired) electrons. The van der Waals surface area contributed by atoms with Crippen LogP contribution in [0.3, 0.4) is 0 Å². The van der Waals surface area contributed by atoms with Gasteiger partial charge in [0.2, 0.25) is 0 Å². The van der Waals surface area contributed by atoms with Gasteiger partial charge in [-0.25, -0.2) is 9.59 Å². The number of hydrogen-bond donors (Lipinski definition) is 3. The Morgan fingerprint density at radius 2 is 1.82 bits per heavy atom. The number of rotatable bonds is 3. The first-order valence-corrected chi connectivity index (χ1v) is 2.64. The molecule has 0 heterocycles. The maximum absolute atomic E-state index is 10.0. The maximum Gasteiger partial charge on any atom is 0.351 e. The van der Waals surface area contributed by atoms with Gasteiger partial charge in [0.05, 0.1) is 0 Å². The highest BCUT2D eigenvalue weighted by Gasteiger charge is 1.96. The molecule has 0 atom stereocenters. The monoisotopic (exact) mass is 157 g/mol. The van der Waals surface area contributed by atoms with Gasteiger partial charge in [0.25, 0.3) is 0 Å². The summed E-state index contributed by atoms with van der Waals surface area (Å²) in [6.45, 7) is 0. The van der Waals surface area contributed by atoms with Gasteiger partial charge in [0.15, 0.2) is 0 Å². The van der Waals surface area contributed by atoms with Gasteiger partial charge in [-0.2, -0.15) is 0 Å². The Labute approximate surface area is 62.4 Å². The Hall–Kier alpha value is -1.78. The van der Waals surface area contributed by atoms with Gasteiger partial charge in [-0.15, -0.1) is 0 Å². The molecule has 0 aromatic rings. The van der Waals surface area contributed by atoms with E-state index in [1.165, 1.54) is 0 Å². The van der Waals surface area contributed by atoms with E-state index in [0.717, 1.165) is 18.2 Å². The molecule has 0 aliphatic heterocycles. The molecule has 0 saturated carbocycles. The Balaban J connectivity index is 4.13. The van der Waals surface area contributed by atoms with Crippen LogP contribution in [0.1, 0.15) is 0 Å². The molecule has 5 nitrogen and oxygen atoms in total. The van der Waals surface area contributed by atoms with E-state index in [4.69, 9.17) is 15.9 Å². The minimum absolute atomic E-state index is 0.400. The summed E-state index contributed by atoms with van der Waals surface area (Å²) >= 11 is 0. The van der Waals surface area contributed by atoms with Crippen molar-refractivity contribution in [2.24, 2.45) is 5.73 Å². The van der Waals surface area contributed by atoms with Crippen molar-refractivity contribution in [3.05, 3.63) is 23.9 Å². The first-order chi connectivity index (χ1) is 5.04. The fraction of sp³-hybridized carbons (Fsp3) is 0. The van der Waals surface area contributed by atoms with E-state index in [9.17, 15) is 9.59 Å². The lowest BCUT2D eigenvalue weighted by atomic mass is 10.4. The van der Waals surface area contributed by atoms with E-state index in [1.807, 2.05) is 0 Å². The molecule has 60 valence electrons. The number of nitrogens with two attached hydrogens (primary N) is 1. The van der Waals surface area contributed by atoms with Crippen molar-refractivity contribution in [1.82, 2.24) is 0 Å². The molecular weight excluding hydrogens is 150 g/mol. The number of carboxylic acid groups (broad SMARTS) is 2. The molecule has 0 rings (SSSR count). The van der Waals surface area contributed by atoms with Crippen LogP contribution in [0.4, 0.5) is 0 Å². The largest absolute Gasteiger partial charge is 0.478 e. The Morgan fingerprint density at radius 3 is 2.18 bits per heavy atom. The SMILES string of the molecule is N/C(=C\C=C/C(=O)O)C(=O)O. The third-order valence-corrected chi connectivity index (χ3v) is 0.762. The van der Waals surface area contributed by atoms with Gasteiger partial charge < -0.3 is 15.9 Å². The number of carbonyl (C=O) groups is 2. The van der Waals surface area contributed by atoms with Gasteiger partial charge in [0, 0.05) is 6.08 Å². The van der Waals surface area contributed by atoms with Crippen molar-refractivity contribution < 1.29 is 19.8 Å². The second kappa shape index (κ2) is 4.10. The smallest absolute Gasteiger partial charge is 0.351 e. The Morgan fingerprint density at radius 1 is 1.27 bits per heavy atom. The van der Waals surface area contributed by atoms with E-state index in [1.54, 1.807) is 0 Å². The second-order valence-electron chi connectivity index (χ2n) is 1.62. The minimum atomic E-state index is -1.28. The van der Waals surface area contributed by atoms with Crippen LogP contribution < -0.4 is 5.73 Å². The fourth-order valence-corrected chi connectivity index (χ4v) is 0.305. The summed E-state index contributed by atoms with van der Waals surface area (Å²) in [6.07, 6.45) is 2.83. The molecule has 0 saturated heterocycles. The quantitative estimate of drug-likeness (QED) is 0.380. The lowest BCUT2D eigenvalue weighted by molar-refractivity contribution is -0.133. The molecule has 0 aromatic heterocycles. The highest BCUT2D eigenvalue weighted by Crippen LogP contribution is 1.84. The summed E-state index contributed by atoms with van der Waals surface area (Å²) in [5.74, 6) is -2.43. The van der Waals surface area contributed by atoms with Crippen LogP contribution in [0.5, 0.6) is 0 Å². The van der Waals surface area contributed by atoms with Gasteiger partial charge in [-0.1, -0.05) is 6.08 Å². The molecule has 0 aliphatic rings. The summed E-state index contributed by atoms with van der Waals surface area (Å²) in [4.78, 5) is 19.8. The minimum Gasteiger partial charge on any atom is -0.478 e.